The van der Waals surface area contributed by atoms with Gasteiger partial charge in [0.25, 0.3) is 0 Å². The first kappa shape index (κ1) is 34.7. The van der Waals surface area contributed by atoms with Crippen molar-refractivity contribution in [2.24, 2.45) is 0 Å². The van der Waals surface area contributed by atoms with E-state index in [1.54, 1.807) is 0 Å². The van der Waals surface area contributed by atoms with Crippen molar-refractivity contribution in [3.8, 4) is 0 Å². The summed E-state index contributed by atoms with van der Waals surface area (Å²) in [6, 6.07) is 0. The van der Waals surface area contributed by atoms with Gasteiger partial charge >= 0.3 is 12.1 Å². The summed E-state index contributed by atoms with van der Waals surface area (Å²) >= 11 is 0. The highest BCUT2D eigenvalue weighted by molar-refractivity contribution is 5.69. The highest BCUT2D eigenvalue weighted by Crippen LogP contribution is 2.16. The third-order valence-corrected chi connectivity index (χ3v) is 7.06. The van der Waals surface area contributed by atoms with Gasteiger partial charge in [-0.2, -0.15) is 0 Å². The molecule has 0 spiro atoms. The average molecular weight is 513 g/mol. The average Bonchev–Trinajstić information content (AvgIpc) is 2.86. The fourth-order valence-electron chi connectivity index (χ4n) is 4.77. The summed E-state index contributed by atoms with van der Waals surface area (Å²) in [6.07, 6.45) is 33.2. The number of rotatable bonds is 29. The summed E-state index contributed by atoms with van der Waals surface area (Å²) in [5.41, 5.74) is 0. The van der Waals surface area contributed by atoms with Gasteiger partial charge in [-0.1, -0.05) is 161 Å². The van der Waals surface area contributed by atoms with E-state index in [4.69, 9.17) is 9.84 Å². The van der Waals surface area contributed by atoms with Crippen molar-refractivity contribution in [2.45, 2.75) is 174 Å². The third kappa shape index (κ3) is 30.8. The van der Waals surface area contributed by atoms with Crippen molar-refractivity contribution in [3.05, 3.63) is 0 Å². The van der Waals surface area contributed by atoms with Gasteiger partial charge in [-0.3, -0.25) is 4.79 Å². The van der Waals surface area contributed by atoms with Gasteiger partial charge in [0.05, 0.1) is 0 Å². The van der Waals surface area contributed by atoms with Crippen LogP contribution in [0.25, 0.3) is 0 Å². The Morgan fingerprint density at radius 1 is 0.444 bits per heavy atom. The smallest absolute Gasteiger partial charge is 0.462 e. The van der Waals surface area contributed by atoms with Gasteiger partial charge in [-0.25, -0.2) is 4.79 Å². The lowest BCUT2D eigenvalue weighted by molar-refractivity contribution is -0.145. The molecule has 36 heavy (non-hydrogen) atoms. The van der Waals surface area contributed by atoms with Crippen LogP contribution in [0.1, 0.15) is 174 Å². The second-order valence-electron chi connectivity index (χ2n) is 10.6. The molecule has 0 bridgehead atoms. The Kier molecular flexibility index (Phi) is 28.9. The van der Waals surface area contributed by atoms with Gasteiger partial charge in [0, 0.05) is 6.42 Å². The Balaban J connectivity index is 3.10. The summed E-state index contributed by atoms with van der Waals surface area (Å²) < 4.78 is 9.21. The SMILES string of the molecule is CCCCCCCCCCCCCCCCCCCCCCCCCCCC(=O)OCCOC(=O)O. The molecule has 0 amide bonds. The molecule has 0 rings (SSSR count). The summed E-state index contributed by atoms with van der Waals surface area (Å²) in [4.78, 5) is 21.7. The van der Waals surface area contributed by atoms with Crippen LogP contribution in [0.3, 0.4) is 0 Å². The Morgan fingerprint density at radius 2 is 0.722 bits per heavy atom. The van der Waals surface area contributed by atoms with Crippen LogP contribution in [0.4, 0.5) is 4.79 Å². The summed E-state index contributed by atoms with van der Waals surface area (Å²) in [5.74, 6) is -0.266. The molecule has 0 heterocycles. The number of carboxylic acid groups (broad SMARTS) is 1. The maximum Gasteiger partial charge on any atom is 0.505 e. The molecular formula is C31H60O5. The van der Waals surface area contributed by atoms with E-state index in [2.05, 4.69) is 11.7 Å². The van der Waals surface area contributed by atoms with Gasteiger partial charge in [0.1, 0.15) is 13.2 Å². The molecule has 0 aliphatic carbocycles. The predicted molar refractivity (Wildman–Crippen MR) is 151 cm³/mol. The molecule has 5 nitrogen and oxygen atoms in total. The lowest BCUT2D eigenvalue weighted by atomic mass is 10.0. The minimum Gasteiger partial charge on any atom is -0.462 e. The fourth-order valence-corrected chi connectivity index (χ4v) is 4.77. The monoisotopic (exact) mass is 512 g/mol. The van der Waals surface area contributed by atoms with Gasteiger partial charge in [-0.15, -0.1) is 0 Å². The molecule has 0 aliphatic rings. The zero-order valence-electron chi connectivity index (χ0n) is 23.9. The van der Waals surface area contributed by atoms with Crippen molar-refractivity contribution < 1.29 is 24.2 Å². The van der Waals surface area contributed by atoms with Crippen LogP contribution >= 0.6 is 0 Å². The first-order chi connectivity index (χ1) is 17.7. The molecule has 0 unspecified atom stereocenters. The topological polar surface area (TPSA) is 72.8 Å². The minimum atomic E-state index is -1.34. The van der Waals surface area contributed by atoms with E-state index in [0.717, 1.165) is 12.8 Å². The Labute approximate surface area is 223 Å². The van der Waals surface area contributed by atoms with Crippen LogP contribution in [-0.2, 0) is 14.3 Å². The summed E-state index contributed by atoms with van der Waals surface area (Å²) in [5, 5.41) is 8.32. The molecular weight excluding hydrogens is 452 g/mol. The standard InChI is InChI=1S/C31H60O5/c1-2-3-4-5-6-7-8-9-10-11-12-13-14-15-16-17-18-19-20-21-22-23-24-25-26-27-30(32)35-28-29-36-31(33)34/h2-29H2,1H3,(H,33,34). The molecule has 0 saturated carbocycles. The predicted octanol–water partition coefficient (Wildman–Crippen LogP) is 10.4. The second-order valence-corrected chi connectivity index (χ2v) is 10.6. The lowest BCUT2D eigenvalue weighted by Crippen LogP contribution is -2.12. The first-order valence-electron chi connectivity index (χ1n) is 15.7. The molecule has 0 atom stereocenters. The first-order valence-corrected chi connectivity index (χ1v) is 15.7. The van der Waals surface area contributed by atoms with E-state index in [1.807, 2.05) is 0 Å². The number of hydrogen-bond donors (Lipinski definition) is 1. The van der Waals surface area contributed by atoms with Gasteiger partial charge < -0.3 is 14.6 Å². The molecule has 0 fully saturated rings. The lowest BCUT2D eigenvalue weighted by Gasteiger charge is -2.05. The second kappa shape index (κ2) is 30.0. The number of carbonyl (C=O) groups is 2. The van der Waals surface area contributed by atoms with Crippen LogP contribution in [0, 0.1) is 0 Å². The van der Waals surface area contributed by atoms with E-state index in [0.29, 0.717) is 6.42 Å². The van der Waals surface area contributed by atoms with E-state index >= 15 is 0 Å². The zero-order valence-corrected chi connectivity index (χ0v) is 23.9. The third-order valence-electron chi connectivity index (χ3n) is 7.06. The Hall–Kier alpha value is -1.26. The Morgan fingerprint density at radius 3 is 1.03 bits per heavy atom. The van der Waals surface area contributed by atoms with Crippen LogP contribution in [-0.4, -0.2) is 30.4 Å². The summed E-state index contributed by atoms with van der Waals surface area (Å²) in [7, 11) is 0. The van der Waals surface area contributed by atoms with Crippen molar-refractivity contribution >= 4 is 12.1 Å². The van der Waals surface area contributed by atoms with E-state index in [1.165, 1.54) is 148 Å². The van der Waals surface area contributed by atoms with Crippen LogP contribution < -0.4 is 0 Å². The van der Waals surface area contributed by atoms with Crippen molar-refractivity contribution in [3.63, 3.8) is 0 Å². The molecule has 1 N–H and O–H groups in total. The number of carbonyl (C=O) groups excluding carboxylic acids is 1. The molecule has 5 heteroatoms. The molecule has 0 aromatic rings. The highest BCUT2D eigenvalue weighted by atomic mass is 16.7. The number of unbranched alkanes of at least 4 members (excludes halogenated alkanes) is 24. The largest absolute Gasteiger partial charge is 0.505 e. The van der Waals surface area contributed by atoms with Crippen molar-refractivity contribution in [1.82, 2.24) is 0 Å². The number of esters is 1. The van der Waals surface area contributed by atoms with E-state index in [-0.39, 0.29) is 19.2 Å². The maximum absolute atomic E-state index is 11.5. The van der Waals surface area contributed by atoms with Crippen molar-refractivity contribution in [1.29, 1.82) is 0 Å². The normalized spacial score (nSPS) is 11.0. The van der Waals surface area contributed by atoms with Gasteiger partial charge in [0.2, 0.25) is 0 Å². The maximum atomic E-state index is 11.5. The number of hydrogen-bond acceptors (Lipinski definition) is 4. The molecule has 0 saturated heterocycles. The van der Waals surface area contributed by atoms with Gasteiger partial charge in [0.15, 0.2) is 0 Å². The molecule has 0 aromatic heterocycles. The molecule has 0 aliphatic heterocycles. The van der Waals surface area contributed by atoms with E-state index < -0.39 is 6.16 Å². The van der Waals surface area contributed by atoms with Crippen LogP contribution in [0.5, 0.6) is 0 Å². The highest BCUT2D eigenvalue weighted by Gasteiger charge is 2.04. The molecule has 0 aromatic carbocycles. The molecule has 214 valence electrons. The quantitative estimate of drug-likeness (QED) is 0.0797. The number of ether oxygens (including phenoxy) is 2. The van der Waals surface area contributed by atoms with E-state index in [9.17, 15) is 9.59 Å². The van der Waals surface area contributed by atoms with Crippen molar-refractivity contribution in [2.75, 3.05) is 13.2 Å². The van der Waals surface area contributed by atoms with Gasteiger partial charge in [-0.05, 0) is 6.42 Å². The molecule has 0 radical (unpaired) electrons. The zero-order chi connectivity index (χ0) is 26.4. The summed E-state index contributed by atoms with van der Waals surface area (Å²) in [6.45, 7) is 2.20. The van der Waals surface area contributed by atoms with Crippen LogP contribution in [0.2, 0.25) is 0 Å². The Bertz CT molecular complexity index is 466. The minimum absolute atomic E-state index is 0.00454. The van der Waals surface area contributed by atoms with Crippen LogP contribution in [0.15, 0.2) is 0 Å². The fraction of sp³-hybridized carbons (Fsp3) is 0.935.